The van der Waals surface area contributed by atoms with E-state index >= 15 is 0 Å². The summed E-state index contributed by atoms with van der Waals surface area (Å²) in [5.41, 5.74) is 1.97. The monoisotopic (exact) mass is 380 g/mol. The number of phenols is 1. The molecule has 26 heavy (non-hydrogen) atoms. The Kier molecular flexibility index (Phi) is 8.20. The van der Waals surface area contributed by atoms with E-state index in [1.54, 1.807) is 19.9 Å². The summed E-state index contributed by atoms with van der Waals surface area (Å²) in [6.07, 6.45) is 5.13. The third kappa shape index (κ3) is 5.26. The highest BCUT2D eigenvalue weighted by atomic mass is 35.5. The average Bonchev–Trinajstić information content (AvgIpc) is 2.55. The van der Waals surface area contributed by atoms with Crippen LogP contribution in [0.15, 0.2) is 23.8 Å². The lowest BCUT2D eigenvalue weighted by Crippen LogP contribution is -2.25. The van der Waals surface area contributed by atoms with Crippen molar-refractivity contribution in [2.45, 2.75) is 85.2 Å². The van der Waals surface area contributed by atoms with Gasteiger partial charge >= 0.3 is 0 Å². The lowest BCUT2D eigenvalue weighted by atomic mass is 9.80. The van der Waals surface area contributed by atoms with Crippen LogP contribution in [0.2, 0.25) is 0 Å². The van der Waals surface area contributed by atoms with Crippen LogP contribution in [0, 0.1) is 0 Å². The zero-order valence-electron chi connectivity index (χ0n) is 17.1. The molecule has 0 aromatic heterocycles. The standard InChI is InChI=1S/C20H27ClO3.C2H6/c1-12(2)24-17-11-15(20(4,5)19(21)23)10-16(22)18(17)14-8-6-7-13(3)9-14;1-2/h7,10-12,14,22H,6,8-9H2,1-5H3;1-2H3. The minimum absolute atomic E-state index is 0.0200. The van der Waals surface area contributed by atoms with Gasteiger partial charge in [0.15, 0.2) is 0 Å². The Hall–Kier alpha value is -1.48. The lowest BCUT2D eigenvalue weighted by Gasteiger charge is -2.28. The van der Waals surface area contributed by atoms with Gasteiger partial charge in [-0.3, -0.25) is 4.79 Å². The fraction of sp³-hybridized carbons (Fsp3) is 0.591. The van der Waals surface area contributed by atoms with Crippen LogP contribution in [0.5, 0.6) is 11.5 Å². The summed E-state index contributed by atoms with van der Waals surface area (Å²) < 4.78 is 6.00. The summed E-state index contributed by atoms with van der Waals surface area (Å²) in [6, 6.07) is 3.53. The molecule has 0 fully saturated rings. The fourth-order valence-electron chi connectivity index (χ4n) is 3.20. The van der Waals surface area contributed by atoms with E-state index in [4.69, 9.17) is 16.3 Å². The second-order valence-corrected chi connectivity index (χ2v) is 7.84. The van der Waals surface area contributed by atoms with Crippen LogP contribution in [0.3, 0.4) is 0 Å². The van der Waals surface area contributed by atoms with Crippen molar-refractivity contribution >= 4 is 16.8 Å². The van der Waals surface area contributed by atoms with E-state index in [1.165, 1.54) is 5.57 Å². The molecule has 4 heteroatoms. The minimum atomic E-state index is -0.880. The number of benzene rings is 1. The Morgan fingerprint density at radius 1 is 1.31 bits per heavy atom. The van der Waals surface area contributed by atoms with E-state index in [0.29, 0.717) is 11.3 Å². The van der Waals surface area contributed by atoms with Crippen molar-refractivity contribution in [3.05, 3.63) is 34.9 Å². The third-order valence-corrected chi connectivity index (χ3v) is 5.15. The first-order valence-corrected chi connectivity index (χ1v) is 9.90. The number of carbonyl (C=O) groups is 1. The number of aromatic hydroxyl groups is 1. The summed E-state index contributed by atoms with van der Waals surface area (Å²) >= 11 is 5.75. The van der Waals surface area contributed by atoms with E-state index in [9.17, 15) is 9.90 Å². The summed E-state index contributed by atoms with van der Waals surface area (Å²) in [4.78, 5) is 11.8. The fourth-order valence-corrected chi connectivity index (χ4v) is 3.31. The van der Waals surface area contributed by atoms with Crippen molar-refractivity contribution in [1.29, 1.82) is 0 Å². The van der Waals surface area contributed by atoms with Gasteiger partial charge in [-0.1, -0.05) is 25.5 Å². The highest BCUT2D eigenvalue weighted by Gasteiger charge is 2.32. The van der Waals surface area contributed by atoms with E-state index in [1.807, 2.05) is 33.8 Å². The molecule has 1 aromatic carbocycles. The second-order valence-electron chi connectivity index (χ2n) is 7.50. The van der Waals surface area contributed by atoms with Crippen LogP contribution in [0.4, 0.5) is 0 Å². The molecule has 1 aliphatic carbocycles. The molecule has 0 aliphatic heterocycles. The van der Waals surface area contributed by atoms with E-state index in [-0.39, 0.29) is 17.8 Å². The van der Waals surface area contributed by atoms with Crippen molar-refractivity contribution in [3.63, 3.8) is 0 Å². The van der Waals surface area contributed by atoms with Gasteiger partial charge in [0.05, 0.1) is 11.5 Å². The van der Waals surface area contributed by atoms with Crippen LogP contribution in [-0.2, 0) is 10.2 Å². The molecular weight excluding hydrogens is 348 g/mol. The molecule has 0 saturated carbocycles. The Morgan fingerprint density at radius 2 is 1.92 bits per heavy atom. The molecule has 0 saturated heterocycles. The number of hydrogen-bond donors (Lipinski definition) is 1. The smallest absolute Gasteiger partial charge is 0.231 e. The number of ether oxygens (including phenoxy) is 1. The third-order valence-electron chi connectivity index (χ3n) is 4.68. The zero-order valence-corrected chi connectivity index (χ0v) is 17.9. The molecule has 0 bridgehead atoms. The molecule has 0 amide bonds. The van der Waals surface area contributed by atoms with E-state index < -0.39 is 10.7 Å². The first-order chi connectivity index (χ1) is 12.1. The Labute approximate surface area is 163 Å². The molecule has 1 aromatic rings. The number of carbonyl (C=O) groups excluding carboxylic acids is 1. The maximum absolute atomic E-state index is 11.8. The summed E-state index contributed by atoms with van der Waals surface area (Å²) in [5.74, 6) is 1.08. The number of phenolic OH excluding ortho intramolecular Hbond substituents is 1. The van der Waals surface area contributed by atoms with Gasteiger partial charge in [-0.15, -0.1) is 0 Å². The van der Waals surface area contributed by atoms with Crippen molar-refractivity contribution < 1.29 is 14.6 Å². The first kappa shape index (κ1) is 22.6. The largest absolute Gasteiger partial charge is 0.508 e. The Morgan fingerprint density at radius 3 is 2.42 bits per heavy atom. The van der Waals surface area contributed by atoms with Gasteiger partial charge in [-0.2, -0.15) is 0 Å². The predicted molar refractivity (Wildman–Crippen MR) is 109 cm³/mol. The second kappa shape index (κ2) is 9.45. The molecule has 0 radical (unpaired) electrons. The van der Waals surface area contributed by atoms with E-state index in [2.05, 4.69) is 13.0 Å². The van der Waals surface area contributed by atoms with Crippen molar-refractivity contribution in [2.75, 3.05) is 0 Å². The molecular formula is C22H33ClO3. The van der Waals surface area contributed by atoms with Gasteiger partial charge in [0.2, 0.25) is 5.24 Å². The Bertz CT molecular complexity index is 660. The molecule has 1 N–H and O–H groups in total. The minimum Gasteiger partial charge on any atom is -0.508 e. The number of halogens is 1. The summed E-state index contributed by atoms with van der Waals surface area (Å²) in [6.45, 7) is 13.5. The molecule has 1 unspecified atom stereocenters. The number of hydrogen-bond acceptors (Lipinski definition) is 3. The SMILES string of the molecule is CC.CC1=CCCC(c2c(O)cc(C(C)(C)C(=O)Cl)cc2OC(C)C)C1. The number of allylic oxidation sites excluding steroid dienone is 2. The maximum atomic E-state index is 11.8. The molecule has 0 heterocycles. The predicted octanol–water partition coefficient (Wildman–Crippen LogP) is 6.46. The summed E-state index contributed by atoms with van der Waals surface area (Å²) in [7, 11) is 0. The van der Waals surface area contributed by atoms with Crippen molar-refractivity contribution in [3.8, 4) is 11.5 Å². The molecule has 146 valence electrons. The summed E-state index contributed by atoms with van der Waals surface area (Å²) in [5, 5.41) is 10.3. The Balaban J connectivity index is 0.00000163. The van der Waals surface area contributed by atoms with Gasteiger partial charge in [-0.05, 0) is 89.1 Å². The van der Waals surface area contributed by atoms with Gasteiger partial charge < -0.3 is 9.84 Å². The maximum Gasteiger partial charge on any atom is 0.231 e. The molecule has 3 nitrogen and oxygen atoms in total. The lowest BCUT2D eigenvalue weighted by molar-refractivity contribution is -0.115. The zero-order chi connectivity index (χ0) is 20.1. The number of rotatable bonds is 5. The first-order valence-electron chi connectivity index (χ1n) is 9.52. The van der Waals surface area contributed by atoms with Gasteiger partial charge in [0, 0.05) is 5.56 Å². The van der Waals surface area contributed by atoms with Crippen LogP contribution in [0.1, 0.15) is 84.8 Å². The highest BCUT2D eigenvalue weighted by Crippen LogP contribution is 2.45. The molecule has 2 rings (SSSR count). The molecule has 1 atom stereocenters. The van der Waals surface area contributed by atoms with Crippen LogP contribution in [-0.4, -0.2) is 16.5 Å². The van der Waals surface area contributed by atoms with Crippen LogP contribution in [0.25, 0.3) is 0 Å². The van der Waals surface area contributed by atoms with Crippen molar-refractivity contribution in [2.24, 2.45) is 0 Å². The average molecular weight is 381 g/mol. The highest BCUT2D eigenvalue weighted by molar-refractivity contribution is 6.65. The normalized spacial score (nSPS) is 17.3. The van der Waals surface area contributed by atoms with Gasteiger partial charge in [0.25, 0.3) is 0 Å². The van der Waals surface area contributed by atoms with Crippen LogP contribution >= 0.6 is 11.6 Å². The van der Waals surface area contributed by atoms with E-state index in [0.717, 1.165) is 24.8 Å². The topological polar surface area (TPSA) is 46.5 Å². The molecule has 1 aliphatic rings. The quantitative estimate of drug-likeness (QED) is 0.470. The van der Waals surface area contributed by atoms with Crippen LogP contribution < -0.4 is 4.74 Å². The van der Waals surface area contributed by atoms with Crippen molar-refractivity contribution in [1.82, 2.24) is 0 Å². The van der Waals surface area contributed by atoms with Gasteiger partial charge in [-0.25, -0.2) is 0 Å². The molecule has 0 spiro atoms. The van der Waals surface area contributed by atoms with Gasteiger partial charge in [0.1, 0.15) is 11.5 Å².